The maximum absolute atomic E-state index is 11.7. The van der Waals surface area contributed by atoms with Gasteiger partial charge < -0.3 is 15.2 Å². The van der Waals surface area contributed by atoms with Gasteiger partial charge in [-0.1, -0.05) is 30.3 Å². The molecule has 0 bridgehead atoms. The van der Waals surface area contributed by atoms with Crippen molar-refractivity contribution in [2.24, 2.45) is 0 Å². The number of carbonyl (C=O) groups excluding carboxylic acids is 1. The Kier molecular flexibility index (Phi) is 5.51. The number of carbonyl (C=O) groups is 1. The van der Waals surface area contributed by atoms with Crippen LogP contribution in [0.25, 0.3) is 0 Å². The molecule has 1 aromatic carbocycles. The zero-order valence-corrected chi connectivity index (χ0v) is 12.0. The molecule has 0 radical (unpaired) electrons. The minimum absolute atomic E-state index is 0.310. The smallest absolute Gasteiger partial charge is 0.323 e. The van der Waals surface area contributed by atoms with Crippen molar-refractivity contribution in [3.63, 3.8) is 0 Å². The van der Waals surface area contributed by atoms with E-state index in [1.54, 1.807) is 6.92 Å². The fourth-order valence-electron chi connectivity index (χ4n) is 1.55. The number of esters is 1. The van der Waals surface area contributed by atoms with E-state index in [9.17, 15) is 9.90 Å². The Hall–Kier alpha value is -1.39. The fourth-order valence-corrected chi connectivity index (χ4v) is 1.55. The molecule has 0 saturated carbocycles. The first-order chi connectivity index (χ1) is 8.79. The maximum Gasteiger partial charge on any atom is 0.323 e. The zero-order chi connectivity index (χ0) is 14.5. The lowest BCUT2D eigenvalue weighted by molar-refractivity contribution is -0.157. The summed E-state index contributed by atoms with van der Waals surface area (Å²) in [6.07, 6.45) is -0.633. The van der Waals surface area contributed by atoms with Crippen molar-refractivity contribution in [1.29, 1.82) is 0 Å². The summed E-state index contributed by atoms with van der Waals surface area (Å²) in [6.45, 7) is 7.53. The molecule has 2 N–H and O–H groups in total. The van der Waals surface area contributed by atoms with Crippen molar-refractivity contribution in [2.45, 2.75) is 45.4 Å². The van der Waals surface area contributed by atoms with Crippen molar-refractivity contribution in [3.8, 4) is 0 Å². The van der Waals surface area contributed by atoms with Crippen LogP contribution in [0.3, 0.4) is 0 Å². The first kappa shape index (κ1) is 15.7. The van der Waals surface area contributed by atoms with E-state index in [0.717, 1.165) is 5.56 Å². The normalized spacial score (nSPS) is 14.8. The summed E-state index contributed by atoms with van der Waals surface area (Å²) >= 11 is 0. The average Bonchev–Trinajstić information content (AvgIpc) is 2.34. The van der Waals surface area contributed by atoms with Crippen LogP contribution < -0.4 is 5.32 Å². The monoisotopic (exact) mass is 265 g/mol. The van der Waals surface area contributed by atoms with E-state index in [1.807, 2.05) is 51.1 Å². The summed E-state index contributed by atoms with van der Waals surface area (Å²) in [4.78, 5) is 11.7. The van der Waals surface area contributed by atoms with Crippen LogP contribution in [-0.4, -0.2) is 29.3 Å². The van der Waals surface area contributed by atoms with E-state index in [1.165, 1.54) is 0 Å². The lowest BCUT2D eigenvalue weighted by Gasteiger charge is -2.23. The summed E-state index contributed by atoms with van der Waals surface area (Å²) in [5.74, 6) is -0.312. The van der Waals surface area contributed by atoms with Crippen molar-refractivity contribution in [3.05, 3.63) is 35.9 Å². The first-order valence-electron chi connectivity index (χ1n) is 6.49. The molecule has 106 valence electrons. The highest BCUT2D eigenvalue weighted by Gasteiger charge is 2.22. The topological polar surface area (TPSA) is 58.6 Å². The van der Waals surface area contributed by atoms with Crippen LogP contribution in [0.4, 0.5) is 0 Å². The van der Waals surface area contributed by atoms with Gasteiger partial charge in [0.05, 0.1) is 6.10 Å². The van der Waals surface area contributed by atoms with Gasteiger partial charge in [-0.25, -0.2) is 0 Å². The summed E-state index contributed by atoms with van der Waals surface area (Å²) in [5, 5.41) is 12.9. The van der Waals surface area contributed by atoms with Crippen LogP contribution in [0, 0.1) is 0 Å². The quantitative estimate of drug-likeness (QED) is 0.800. The molecule has 0 fully saturated rings. The maximum atomic E-state index is 11.7. The van der Waals surface area contributed by atoms with Gasteiger partial charge in [-0.15, -0.1) is 0 Å². The van der Waals surface area contributed by atoms with Crippen LogP contribution in [0.15, 0.2) is 30.3 Å². The van der Waals surface area contributed by atoms with Gasteiger partial charge in [-0.3, -0.25) is 4.79 Å². The summed E-state index contributed by atoms with van der Waals surface area (Å²) < 4.78 is 5.25. The lowest BCUT2D eigenvalue weighted by Crippen LogP contribution is -2.40. The van der Waals surface area contributed by atoms with Gasteiger partial charge in [0.1, 0.15) is 11.6 Å². The van der Waals surface area contributed by atoms with Gasteiger partial charge in [-0.05, 0) is 33.3 Å². The van der Waals surface area contributed by atoms with E-state index in [4.69, 9.17) is 4.74 Å². The Morgan fingerprint density at radius 3 is 2.42 bits per heavy atom. The van der Waals surface area contributed by atoms with Crippen LogP contribution in [0.2, 0.25) is 0 Å². The number of aliphatic hydroxyl groups is 1. The number of hydrogen-bond acceptors (Lipinski definition) is 4. The van der Waals surface area contributed by atoms with E-state index >= 15 is 0 Å². The van der Waals surface area contributed by atoms with E-state index < -0.39 is 17.7 Å². The first-order valence-corrected chi connectivity index (χ1v) is 6.49. The molecule has 0 aliphatic rings. The third kappa shape index (κ3) is 5.85. The molecule has 4 heteroatoms. The van der Waals surface area contributed by atoms with Crippen LogP contribution in [0.1, 0.15) is 39.4 Å². The SMILES string of the molecule is CC(NCC(O)c1ccccc1)C(=O)OC(C)(C)C. The van der Waals surface area contributed by atoms with E-state index in [0.29, 0.717) is 6.54 Å². The van der Waals surface area contributed by atoms with Crippen molar-refractivity contribution < 1.29 is 14.6 Å². The van der Waals surface area contributed by atoms with Crippen molar-refractivity contribution in [1.82, 2.24) is 5.32 Å². The van der Waals surface area contributed by atoms with Gasteiger partial charge in [0, 0.05) is 6.54 Å². The number of rotatable bonds is 5. The van der Waals surface area contributed by atoms with E-state index in [2.05, 4.69) is 5.32 Å². The average molecular weight is 265 g/mol. The van der Waals surface area contributed by atoms with Crippen LogP contribution >= 0.6 is 0 Å². The van der Waals surface area contributed by atoms with Gasteiger partial charge >= 0.3 is 5.97 Å². The molecule has 1 aromatic rings. The summed E-state index contributed by atoms with van der Waals surface area (Å²) in [6, 6.07) is 8.89. The number of nitrogens with one attached hydrogen (secondary N) is 1. The summed E-state index contributed by atoms with van der Waals surface area (Å²) in [7, 11) is 0. The molecule has 0 heterocycles. The number of hydrogen-bond donors (Lipinski definition) is 2. The Morgan fingerprint density at radius 1 is 1.32 bits per heavy atom. The minimum atomic E-state index is -0.633. The highest BCUT2D eigenvalue weighted by molar-refractivity contribution is 5.75. The highest BCUT2D eigenvalue weighted by atomic mass is 16.6. The van der Waals surface area contributed by atoms with Crippen LogP contribution in [0.5, 0.6) is 0 Å². The standard InChI is InChI=1S/C15H23NO3/c1-11(14(18)19-15(2,3)4)16-10-13(17)12-8-6-5-7-9-12/h5-9,11,13,16-17H,10H2,1-4H3. The molecule has 0 aliphatic carbocycles. The van der Waals surface area contributed by atoms with Gasteiger partial charge in [-0.2, -0.15) is 0 Å². The molecule has 1 rings (SSSR count). The van der Waals surface area contributed by atoms with E-state index in [-0.39, 0.29) is 5.97 Å². The molecule has 0 aromatic heterocycles. The predicted octanol–water partition coefficient (Wildman–Crippen LogP) is 2.04. The van der Waals surface area contributed by atoms with Gasteiger partial charge in [0.2, 0.25) is 0 Å². The molecule has 0 saturated heterocycles. The predicted molar refractivity (Wildman–Crippen MR) is 74.7 cm³/mol. The molecule has 0 spiro atoms. The number of ether oxygens (including phenoxy) is 1. The molecule has 2 atom stereocenters. The molecule has 19 heavy (non-hydrogen) atoms. The van der Waals surface area contributed by atoms with Gasteiger partial charge in [0.15, 0.2) is 0 Å². The molecular formula is C15H23NO3. The largest absolute Gasteiger partial charge is 0.459 e. The zero-order valence-electron chi connectivity index (χ0n) is 12.0. The highest BCUT2D eigenvalue weighted by Crippen LogP contribution is 2.12. The van der Waals surface area contributed by atoms with Crippen molar-refractivity contribution in [2.75, 3.05) is 6.54 Å². The lowest BCUT2D eigenvalue weighted by atomic mass is 10.1. The van der Waals surface area contributed by atoms with Crippen LogP contribution in [-0.2, 0) is 9.53 Å². The Balaban J connectivity index is 2.42. The Bertz CT molecular complexity index is 398. The molecule has 0 amide bonds. The molecule has 0 aliphatic heterocycles. The second kappa shape index (κ2) is 6.68. The minimum Gasteiger partial charge on any atom is -0.459 e. The summed E-state index contributed by atoms with van der Waals surface area (Å²) in [5.41, 5.74) is 0.330. The Labute approximate surface area is 114 Å². The molecule has 2 unspecified atom stereocenters. The molecular weight excluding hydrogens is 242 g/mol. The second-order valence-electron chi connectivity index (χ2n) is 5.59. The Morgan fingerprint density at radius 2 is 1.89 bits per heavy atom. The number of benzene rings is 1. The molecule has 4 nitrogen and oxygen atoms in total. The third-order valence-electron chi connectivity index (χ3n) is 2.56. The fraction of sp³-hybridized carbons (Fsp3) is 0.533. The van der Waals surface area contributed by atoms with Crippen molar-refractivity contribution >= 4 is 5.97 Å². The second-order valence-corrected chi connectivity index (χ2v) is 5.59. The number of aliphatic hydroxyl groups excluding tert-OH is 1. The third-order valence-corrected chi connectivity index (χ3v) is 2.56. The van der Waals surface area contributed by atoms with Gasteiger partial charge in [0.25, 0.3) is 0 Å².